The number of amides is 1. The van der Waals surface area contributed by atoms with Gasteiger partial charge in [0.2, 0.25) is 5.91 Å². The molecule has 0 saturated heterocycles. The summed E-state index contributed by atoms with van der Waals surface area (Å²) in [5, 5.41) is 13.6. The van der Waals surface area contributed by atoms with Crippen LogP contribution < -0.4 is 10.2 Å². The van der Waals surface area contributed by atoms with Crippen molar-refractivity contribution in [1.82, 2.24) is 5.32 Å². The molecule has 8 nitrogen and oxygen atoms in total. The normalized spacial score (nSPS) is 15.5. The summed E-state index contributed by atoms with van der Waals surface area (Å²) in [7, 11) is 1.19. The summed E-state index contributed by atoms with van der Waals surface area (Å²) in [5.41, 5.74) is 0. The molecule has 0 fully saturated rings. The van der Waals surface area contributed by atoms with E-state index >= 15 is 0 Å². The molecule has 9 heteroatoms. The predicted octanol–water partition coefficient (Wildman–Crippen LogP) is 12.2. The second kappa shape index (κ2) is 41.0. The van der Waals surface area contributed by atoms with E-state index in [9.17, 15) is 19.4 Å². The number of hydrogen-bond acceptors (Lipinski definition) is 6. The second-order valence-corrected chi connectivity index (χ2v) is 17.1. The van der Waals surface area contributed by atoms with E-state index in [2.05, 4.69) is 141 Å². The van der Waals surface area contributed by atoms with Crippen molar-refractivity contribution >= 4 is 13.7 Å². The molecule has 0 aromatic heterocycles. The molecule has 0 heterocycles. The molecular weight excluding hydrogens is 768 g/mol. The van der Waals surface area contributed by atoms with Crippen LogP contribution in [0.1, 0.15) is 129 Å². The molecule has 0 rings (SSSR count). The molecule has 338 valence electrons. The first kappa shape index (κ1) is 56.6. The lowest BCUT2D eigenvalue weighted by atomic mass is 10.1. The number of aliphatic hydroxyl groups excluding tert-OH is 1. The van der Waals surface area contributed by atoms with E-state index in [0.717, 1.165) is 103 Å². The van der Waals surface area contributed by atoms with Crippen molar-refractivity contribution in [3.63, 3.8) is 0 Å². The topological polar surface area (TPSA) is 108 Å². The number of hydrogen-bond donors (Lipinski definition) is 2. The Kier molecular flexibility index (Phi) is 38.7. The van der Waals surface area contributed by atoms with Crippen molar-refractivity contribution in [2.45, 2.75) is 142 Å². The molecule has 0 aromatic carbocycles. The van der Waals surface area contributed by atoms with Gasteiger partial charge in [-0.25, -0.2) is 0 Å². The highest BCUT2D eigenvalue weighted by atomic mass is 31.2. The van der Waals surface area contributed by atoms with Crippen LogP contribution in [-0.4, -0.2) is 68.5 Å². The molecule has 0 saturated carbocycles. The number of carbonyl (C=O) groups excluding carboxylic acids is 1. The largest absolute Gasteiger partial charge is 0.756 e. The van der Waals surface area contributed by atoms with Gasteiger partial charge in [-0.05, 0) is 96.3 Å². The zero-order valence-electron chi connectivity index (χ0n) is 38.1. The fourth-order valence-corrected chi connectivity index (χ4v) is 6.00. The van der Waals surface area contributed by atoms with Crippen LogP contribution in [0.4, 0.5) is 0 Å². The van der Waals surface area contributed by atoms with Crippen LogP contribution in [0.15, 0.2) is 134 Å². The third kappa shape index (κ3) is 42.8. The van der Waals surface area contributed by atoms with E-state index in [-0.39, 0.29) is 18.9 Å². The Morgan fingerprint density at radius 1 is 0.600 bits per heavy atom. The third-order valence-corrected chi connectivity index (χ3v) is 9.79. The maximum absolute atomic E-state index is 12.8. The van der Waals surface area contributed by atoms with Gasteiger partial charge in [0.15, 0.2) is 0 Å². The van der Waals surface area contributed by atoms with E-state index in [4.69, 9.17) is 9.05 Å². The van der Waals surface area contributed by atoms with Crippen molar-refractivity contribution in [3.05, 3.63) is 134 Å². The minimum Gasteiger partial charge on any atom is -0.756 e. The van der Waals surface area contributed by atoms with Gasteiger partial charge in [-0.2, -0.15) is 0 Å². The minimum atomic E-state index is -4.61. The van der Waals surface area contributed by atoms with Gasteiger partial charge >= 0.3 is 0 Å². The average Bonchev–Trinajstić information content (AvgIpc) is 3.20. The number of allylic oxidation sites excluding steroid dienone is 21. The molecule has 3 atom stereocenters. The molecule has 60 heavy (non-hydrogen) atoms. The molecule has 0 aliphatic heterocycles. The average molecular weight is 851 g/mol. The number of carbonyl (C=O) groups is 1. The van der Waals surface area contributed by atoms with Gasteiger partial charge in [-0.15, -0.1) is 0 Å². The lowest BCUT2D eigenvalue weighted by Crippen LogP contribution is -2.45. The van der Waals surface area contributed by atoms with Crippen LogP contribution in [0.5, 0.6) is 0 Å². The van der Waals surface area contributed by atoms with Crippen LogP contribution in [0.3, 0.4) is 0 Å². The molecule has 0 bridgehead atoms. The van der Waals surface area contributed by atoms with Crippen molar-refractivity contribution < 1.29 is 32.9 Å². The number of aliphatic hydroxyl groups is 1. The van der Waals surface area contributed by atoms with Gasteiger partial charge in [0.25, 0.3) is 7.82 Å². The summed E-state index contributed by atoms with van der Waals surface area (Å²) in [6.45, 7) is 4.32. The highest BCUT2D eigenvalue weighted by molar-refractivity contribution is 7.45. The van der Waals surface area contributed by atoms with Gasteiger partial charge in [-0.3, -0.25) is 9.36 Å². The van der Waals surface area contributed by atoms with Crippen LogP contribution in [0.25, 0.3) is 0 Å². The Hall–Kier alpha value is -3.36. The van der Waals surface area contributed by atoms with Crippen LogP contribution in [-0.2, 0) is 18.4 Å². The van der Waals surface area contributed by atoms with Crippen LogP contribution >= 0.6 is 7.82 Å². The number of phosphoric acid groups is 1. The lowest BCUT2D eigenvalue weighted by Gasteiger charge is -2.29. The molecular formula is C51H83N2O6P. The fraction of sp³-hybridized carbons (Fsp3) is 0.549. The van der Waals surface area contributed by atoms with Gasteiger partial charge in [0, 0.05) is 6.42 Å². The summed E-state index contributed by atoms with van der Waals surface area (Å²) < 4.78 is 23.0. The molecule has 0 radical (unpaired) electrons. The summed E-state index contributed by atoms with van der Waals surface area (Å²) in [5.74, 6) is -0.252. The molecule has 3 unspecified atom stereocenters. The molecule has 0 aromatic rings. The SMILES string of the molecule is CC/C=C\C/C=C\C/C=C\C/C=C\C/C=C\C/C=C\C/C=C\C/C=C\C/C=C\CCCCCC(=O)NC(COP(=O)([O-])OCC[N+](C)(C)C)C(O)/C=C/CC/C=C/CCC. The lowest BCUT2D eigenvalue weighted by molar-refractivity contribution is -0.870. The number of quaternary nitrogens is 1. The Balaban J connectivity index is 4.26. The number of nitrogens with zero attached hydrogens (tertiary/aromatic N) is 1. The van der Waals surface area contributed by atoms with Gasteiger partial charge in [0.1, 0.15) is 13.2 Å². The van der Waals surface area contributed by atoms with E-state index in [1.54, 1.807) is 6.08 Å². The monoisotopic (exact) mass is 851 g/mol. The number of rotatable bonds is 38. The maximum Gasteiger partial charge on any atom is 0.268 e. The first-order chi connectivity index (χ1) is 29.0. The zero-order chi connectivity index (χ0) is 44.3. The molecule has 0 aliphatic rings. The summed E-state index contributed by atoms with van der Waals surface area (Å²) in [6.07, 6.45) is 62.6. The quantitative estimate of drug-likeness (QED) is 0.0277. The maximum atomic E-state index is 12.8. The molecule has 0 spiro atoms. The first-order valence-corrected chi connectivity index (χ1v) is 24.0. The minimum absolute atomic E-state index is 0.0222. The molecule has 0 aliphatic carbocycles. The van der Waals surface area contributed by atoms with Crippen molar-refractivity contribution in [2.24, 2.45) is 0 Å². The summed E-state index contributed by atoms with van der Waals surface area (Å²) in [4.78, 5) is 25.1. The first-order valence-electron chi connectivity index (χ1n) is 22.5. The highest BCUT2D eigenvalue weighted by Crippen LogP contribution is 2.38. The predicted molar refractivity (Wildman–Crippen MR) is 255 cm³/mol. The fourth-order valence-electron chi connectivity index (χ4n) is 5.28. The number of likely N-dealkylation sites (N-methyl/N-ethyl adjacent to an activating group) is 1. The van der Waals surface area contributed by atoms with Gasteiger partial charge < -0.3 is 28.8 Å². The van der Waals surface area contributed by atoms with E-state index in [1.807, 2.05) is 27.2 Å². The van der Waals surface area contributed by atoms with E-state index in [0.29, 0.717) is 17.4 Å². The molecule has 2 N–H and O–H groups in total. The van der Waals surface area contributed by atoms with Crippen molar-refractivity contribution in [2.75, 3.05) is 40.9 Å². The summed E-state index contributed by atoms with van der Waals surface area (Å²) >= 11 is 0. The molecule has 1 amide bonds. The van der Waals surface area contributed by atoms with E-state index in [1.165, 1.54) is 0 Å². The van der Waals surface area contributed by atoms with Crippen LogP contribution in [0.2, 0.25) is 0 Å². The van der Waals surface area contributed by atoms with E-state index < -0.39 is 26.6 Å². The van der Waals surface area contributed by atoms with Crippen molar-refractivity contribution in [1.29, 1.82) is 0 Å². The van der Waals surface area contributed by atoms with Gasteiger partial charge in [0.05, 0.1) is 39.9 Å². The second-order valence-electron chi connectivity index (χ2n) is 15.7. The Bertz CT molecular complexity index is 1430. The zero-order valence-corrected chi connectivity index (χ0v) is 39.0. The van der Waals surface area contributed by atoms with Crippen molar-refractivity contribution in [3.8, 4) is 0 Å². The smallest absolute Gasteiger partial charge is 0.268 e. The Morgan fingerprint density at radius 3 is 1.50 bits per heavy atom. The number of unbranched alkanes of at least 4 members (excludes halogenated alkanes) is 5. The standard InChI is InChI=1S/C51H83N2O6P/c1-6-8-10-12-14-15-16-17-18-19-20-21-22-23-24-25-26-27-28-29-30-31-32-33-34-35-36-37-39-41-43-45-51(55)52-49(50(54)44-42-40-38-13-11-9-7-2)48-59-60(56,57)58-47-46-53(3,4)5/h8,10-11,13-15,17-18,20-21,23-24,26-27,29-30,32-33,35-36,42,44,49-50,54H,6-7,9,12,16,19,22,25,28,31,34,37-41,43,45-48H2,1-5H3,(H-,52,55,56,57)/b10-8-,13-11+,15-14-,18-17-,21-20-,24-23-,27-26-,30-29-,33-32-,36-35-,44-42+. The highest BCUT2D eigenvalue weighted by Gasteiger charge is 2.23. The van der Waals surface area contributed by atoms with Crippen LogP contribution in [0, 0.1) is 0 Å². The Labute approximate surface area is 366 Å². The van der Waals surface area contributed by atoms with Gasteiger partial charge in [-0.1, -0.05) is 160 Å². The Morgan fingerprint density at radius 2 is 1.03 bits per heavy atom. The number of phosphoric ester groups is 1. The summed E-state index contributed by atoms with van der Waals surface area (Å²) in [6, 6.07) is -0.928. The third-order valence-electron chi connectivity index (χ3n) is 8.83. The number of nitrogens with one attached hydrogen (secondary N) is 1.